The van der Waals surface area contributed by atoms with Gasteiger partial charge in [-0.25, -0.2) is 9.13 Å². The second kappa shape index (κ2) is 60.7. The van der Waals surface area contributed by atoms with E-state index in [-0.39, 0.29) is 25.7 Å². The highest BCUT2D eigenvalue weighted by atomic mass is 31.2. The Morgan fingerprint density at radius 3 is 0.789 bits per heavy atom. The van der Waals surface area contributed by atoms with Gasteiger partial charge in [0.05, 0.1) is 26.4 Å². The van der Waals surface area contributed by atoms with E-state index in [1.165, 1.54) is 148 Å². The minimum Gasteiger partial charge on any atom is -0.462 e. The average molecular weight is 1330 g/mol. The van der Waals surface area contributed by atoms with Crippen LogP contribution < -0.4 is 0 Å². The van der Waals surface area contributed by atoms with Gasteiger partial charge in [0.1, 0.15) is 19.3 Å². The highest BCUT2D eigenvalue weighted by Gasteiger charge is 2.30. The molecule has 0 heterocycles. The summed E-state index contributed by atoms with van der Waals surface area (Å²) in [5, 5.41) is 10.6. The van der Waals surface area contributed by atoms with Crippen LogP contribution in [0.1, 0.15) is 351 Å². The molecule has 90 heavy (non-hydrogen) atoms. The smallest absolute Gasteiger partial charge is 0.462 e. The van der Waals surface area contributed by atoms with Crippen LogP contribution in [0.3, 0.4) is 0 Å². The van der Waals surface area contributed by atoms with Crippen molar-refractivity contribution < 1.29 is 80.2 Å². The lowest BCUT2D eigenvalue weighted by atomic mass is 9.99. The van der Waals surface area contributed by atoms with Crippen molar-refractivity contribution in [2.75, 3.05) is 39.6 Å². The fourth-order valence-corrected chi connectivity index (χ4v) is 12.1. The molecule has 0 fully saturated rings. The SMILES string of the molecule is CCC(C)CCCCCCCCCCCCC(=O)OC[C@H](COP(=O)(O)OC[C@@H](O)COP(=O)(O)OC[C@@H](COC(=O)CCCCCCCCC(C)CC)OC(=O)CCCCCCCCCCCCC(C)CC)OC(=O)CCCCCCCCCCCC(C)C. The first-order chi connectivity index (χ1) is 43.2. The van der Waals surface area contributed by atoms with Crippen molar-refractivity contribution in [3.05, 3.63) is 0 Å². The van der Waals surface area contributed by atoms with E-state index in [2.05, 4.69) is 55.4 Å². The molecule has 0 saturated carbocycles. The number of carbonyl (C=O) groups excluding carboxylic acids is 4. The fraction of sp³-hybridized carbons (Fsp3) is 0.944. The molecule has 0 aliphatic rings. The molecular weight excluding hydrogens is 1190 g/mol. The van der Waals surface area contributed by atoms with Crippen LogP contribution in [0, 0.1) is 23.7 Å². The molecule has 8 atom stereocenters. The number of phosphoric acid groups is 2. The number of phosphoric ester groups is 2. The van der Waals surface area contributed by atoms with Crippen molar-refractivity contribution in [2.24, 2.45) is 23.7 Å². The number of unbranched alkanes of at least 4 members (excludes halogenated alkanes) is 31. The molecule has 0 amide bonds. The zero-order chi connectivity index (χ0) is 66.8. The van der Waals surface area contributed by atoms with E-state index in [9.17, 15) is 43.2 Å². The molecule has 0 saturated heterocycles. The highest BCUT2D eigenvalue weighted by molar-refractivity contribution is 7.47. The standard InChI is InChI=1S/C71H138O17P2/c1-9-62(6)48-40-32-24-18-12-14-20-26-35-43-51-68(73)81-57-66(87-71(76)54-46-38-28-22-16-17-23-31-39-47-61(4)5)59-85-89(77,78)83-55-65(72)56-84-90(79,80)86-60-67(58-82-69(74)52-44-36-30-29-34-42-50-64(8)11-3)88-70(75)53-45-37-27-21-15-13-19-25-33-41-49-63(7)10-2/h61-67,72H,9-60H2,1-8H3,(H,77,78)(H,79,80)/t62?,63?,64?,65-,66-,67-/m1/s1. The monoisotopic (exact) mass is 1320 g/mol. The van der Waals surface area contributed by atoms with E-state index in [0.717, 1.165) is 120 Å². The number of aliphatic hydroxyl groups excluding tert-OH is 1. The Bertz CT molecular complexity index is 1790. The predicted octanol–water partition coefficient (Wildman–Crippen LogP) is 20.1. The Labute approximate surface area is 549 Å². The number of esters is 4. The number of hydrogen-bond donors (Lipinski definition) is 3. The van der Waals surface area contributed by atoms with E-state index >= 15 is 0 Å². The van der Waals surface area contributed by atoms with Crippen LogP contribution in [0.4, 0.5) is 0 Å². The van der Waals surface area contributed by atoms with E-state index in [1.54, 1.807) is 0 Å². The molecule has 0 rings (SSSR count). The predicted molar refractivity (Wildman–Crippen MR) is 363 cm³/mol. The zero-order valence-electron chi connectivity index (χ0n) is 58.8. The summed E-state index contributed by atoms with van der Waals surface area (Å²) in [7, 11) is -9.91. The second-order valence-electron chi connectivity index (χ2n) is 26.8. The number of hydrogen-bond acceptors (Lipinski definition) is 15. The lowest BCUT2D eigenvalue weighted by molar-refractivity contribution is -0.161. The topological polar surface area (TPSA) is 237 Å². The van der Waals surface area contributed by atoms with Crippen LogP contribution in [0.2, 0.25) is 0 Å². The van der Waals surface area contributed by atoms with Crippen molar-refractivity contribution in [1.29, 1.82) is 0 Å². The van der Waals surface area contributed by atoms with Crippen LogP contribution in [0.5, 0.6) is 0 Å². The van der Waals surface area contributed by atoms with Gasteiger partial charge in [0.15, 0.2) is 12.2 Å². The van der Waals surface area contributed by atoms with Gasteiger partial charge in [0, 0.05) is 25.7 Å². The first-order valence-corrected chi connectivity index (χ1v) is 39.8. The molecule has 0 bridgehead atoms. The summed E-state index contributed by atoms with van der Waals surface area (Å²) in [5.74, 6) is 0.951. The van der Waals surface area contributed by atoms with Gasteiger partial charge in [0.2, 0.25) is 0 Å². The maximum Gasteiger partial charge on any atom is 0.472 e. The molecule has 0 aromatic carbocycles. The van der Waals surface area contributed by atoms with Crippen molar-refractivity contribution in [3.8, 4) is 0 Å². The molecule has 534 valence electrons. The molecule has 5 unspecified atom stereocenters. The normalized spacial score (nSPS) is 15.2. The quantitative estimate of drug-likeness (QED) is 0.0222. The minimum absolute atomic E-state index is 0.104. The Kier molecular flexibility index (Phi) is 59.4. The molecule has 0 aliphatic carbocycles. The molecule has 0 aromatic rings. The molecule has 0 spiro atoms. The lowest BCUT2D eigenvalue weighted by Gasteiger charge is -2.21. The van der Waals surface area contributed by atoms with Gasteiger partial charge < -0.3 is 33.8 Å². The molecule has 0 aliphatic heterocycles. The fourth-order valence-electron chi connectivity index (χ4n) is 10.6. The molecule has 19 heteroatoms. The van der Waals surface area contributed by atoms with Gasteiger partial charge >= 0.3 is 39.5 Å². The maximum atomic E-state index is 13.0. The Balaban J connectivity index is 5.27. The average Bonchev–Trinajstić information content (AvgIpc) is 3.67. The van der Waals surface area contributed by atoms with Crippen LogP contribution in [-0.2, 0) is 65.4 Å². The molecule has 17 nitrogen and oxygen atoms in total. The molecule has 3 N–H and O–H groups in total. The Hall–Kier alpha value is -1.94. The summed E-state index contributed by atoms with van der Waals surface area (Å²) in [6.07, 6.45) is 42.9. The van der Waals surface area contributed by atoms with Crippen LogP contribution >= 0.6 is 15.6 Å². The number of carbonyl (C=O) groups is 4. The molecule has 0 radical (unpaired) electrons. The van der Waals surface area contributed by atoms with E-state index in [0.29, 0.717) is 25.7 Å². The third-order valence-electron chi connectivity index (χ3n) is 17.4. The minimum atomic E-state index is -4.95. The summed E-state index contributed by atoms with van der Waals surface area (Å²) in [6.45, 7) is 14.1. The van der Waals surface area contributed by atoms with Crippen molar-refractivity contribution >= 4 is 39.5 Å². The summed E-state index contributed by atoms with van der Waals surface area (Å²) < 4.78 is 68.3. The Morgan fingerprint density at radius 2 is 0.533 bits per heavy atom. The summed E-state index contributed by atoms with van der Waals surface area (Å²) in [4.78, 5) is 72.6. The number of aliphatic hydroxyl groups is 1. The van der Waals surface area contributed by atoms with E-state index < -0.39 is 97.5 Å². The van der Waals surface area contributed by atoms with Gasteiger partial charge in [-0.1, -0.05) is 299 Å². The second-order valence-corrected chi connectivity index (χ2v) is 29.7. The number of ether oxygens (including phenoxy) is 4. The Morgan fingerprint density at radius 1 is 0.311 bits per heavy atom. The third-order valence-corrected chi connectivity index (χ3v) is 19.3. The van der Waals surface area contributed by atoms with Gasteiger partial charge in [-0.15, -0.1) is 0 Å². The van der Waals surface area contributed by atoms with Gasteiger partial charge in [-0.3, -0.25) is 37.3 Å². The van der Waals surface area contributed by atoms with Crippen LogP contribution in [-0.4, -0.2) is 96.7 Å². The van der Waals surface area contributed by atoms with E-state index in [4.69, 9.17) is 37.0 Å². The first-order valence-electron chi connectivity index (χ1n) is 36.8. The lowest BCUT2D eigenvalue weighted by Crippen LogP contribution is -2.30. The van der Waals surface area contributed by atoms with Crippen molar-refractivity contribution in [1.82, 2.24) is 0 Å². The van der Waals surface area contributed by atoms with Gasteiger partial charge in [-0.05, 0) is 49.4 Å². The third kappa shape index (κ3) is 61.0. The highest BCUT2D eigenvalue weighted by Crippen LogP contribution is 2.45. The van der Waals surface area contributed by atoms with Crippen molar-refractivity contribution in [2.45, 2.75) is 369 Å². The summed E-state index contributed by atoms with van der Waals surface area (Å²) in [6, 6.07) is 0. The largest absolute Gasteiger partial charge is 0.472 e. The van der Waals surface area contributed by atoms with Gasteiger partial charge in [0.25, 0.3) is 0 Å². The molecular formula is C71H138O17P2. The van der Waals surface area contributed by atoms with E-state index in [1.807, 2.05) is 0 Å². The first kappa shape index (κ1) is 88.1. The maximum absolute atomic E-state index is 13.0. The van der Waals surface area contributed by atoms with Gasteiger partial charge in [-0.2, -0.15) is 0 Å². The van der Waals surface area contributed by atoms with Crippen LogP contribution in [0.15, 0.2) is 0 Å². The number of rotatable bonds is 68. The zero-order valence-corrected chi connectivity index (χ0v) is 60.6. The van der Waals surface area contributed by atoms with Crippen LogP contribution in [0.25, 0.3) is 0 Å². The molecule has 0 aromatic heterocycles. The summed E-state index contributed by atoms with van der Waals surface area (Å²) >= 11 is 0. The summed E-state index contributed by atoms with van der Waals surface area (Å²) in [5.41, 5.74) is 0. The van der Waals surface area contributed by atoms with Crippen molar-refractivity contribution in [3.63, 3.8) is 0 Å².